The van der Waals surface area contributed by atoms with E-state index in [-0.39, 0.29) is 33.2 Å². The zero-order valence-electron chi connectivity index (χ0n) is 29.1. The molecule has 0 amide bonds. The summed E-state index contributed by atoms with van der Waals surface area (Å²) < 4.78 is 62.3. The van der Waals surface area contributed by atoms with Crippen LogP contribution in [0.4, 0.5) is 23.4 Å². The van der Waals surface area contributed by atoms with Crippen molar-refractivity contribution in [1.82, 2.24) is 24.6 Å². The predicted octanol–water partition coefficient (Wildman–Crippen LogP) is 9.00. The number of fused-ring (bicyclic) bond motifs is 5. The van der Waals surface area contributed by atoms with Crippen LogP contribution < -0.4 is 4.90 Å². The number of terminal acetylenes is 1. The minimum atomic E-state index is -1.57. The number of halogens is 4. The lowest BCUT2D eigenvalue weighted by molar-refractivity contribution is 0.107. The van der Waals surface area contributed by atoms with Crippen LogP contribution in [0.3, 0.4) is 0 Å². The zero-order chi connectivity index (χ0) is 35.2. The molecule has 3 aromatic carbocycles. The van der Waals surface area contributed by atoms with Gasteiger partial charge in [0, 0.05) is 66.7 Å². The van der Waals surface area contributed by atoms with Crippen LogP contribution in [-0.2, 0) is 13.5 Å². The summed E-state index contributed by atoms with van der Waals surface area (Å²) in [7, 11) is 1.81. The van der Waals surface area contributed by atoms with Gasteiger partial charge in [-0.15, -0.1) is 6.42 Å². The minimum absolute atomic E-state index is 0.0735. The highest BCUT2D eigenvalue weighted by molar-refractivity contribution is 6.18. The molecule has 3 saturated heterocycles. The molecule has 1 aliphatic carbocycles. The van der Waals surface area contributed by atoms with Crippen LogP contribution in [0.2, 0.25) is 0 Å². The fourth-order valence-electron chi connectivity index (χ4n) is 9.94. The third kappa shape index (κ3) is 5.06. The molecule has 1 unspecified atom stereocenters. The highest BCUT2D eigenvalue weighted by atomic mass is 19.3. The Labute approximate surface area is 294 Å². The van der Waals surface area contributed by atoms with Gasteiger partial charge in [-0.3, -0.25) is 9.58 Å². The van der Waals surface area contributed by atoms with Crippen molar-refractivity contribution < 1.29 is 17.6 Å². The highest BCUT2D eigenvalue weighted by Crippen LogP contribution is 2.50. The Kier molecular flexibility index (Phi) is 7.48. The van der Waals surface area contributed by atoms with Gasteiger partial charge in [-0.2, -0.15) is 13.9 Å². The van der Waals surface area contributed by atoms with E-state index in [2.05, 4.69) is 15.7 Å². The molecule has 262 valence electrons. The van der Waals surface area contributed by atoms with Crippen molar-refractivity contribution >= 4 is 38.4 Å². The van der Waals surface area contributed by atoms with Crippen LogP contribution in [-0.4, -0.2) is 56.4 Å². The Morgan fingerprint density at radius 1 is 0.980 bits per heavy atom. The number of anilines is 1. The van der Waals surface area contributed by atoms with Crippen molar-refractivity contribution in [3.05, 3.63) is 70.7 Å². The van der Waals surface area contributed by atoms with Crippen molar-refractivity contribution in [2.75, 3.05) is 31.1 Å². The molecule has 0 N–H and O–H groups in total. The van der Waals surface area contributed by atoms with Gasteiger partial charge in [0.1, 0.15) is 28.5 Å². The van der Waals surface area contributed by atoms with Gasteiger partial charge < -0.3 is 4.90 Å². The number of aromatic nitrogens is 4. The molecule has 1 atom stereocenters. The minimum Gasteiger partial charge on any atom is -0.355 e. The molecule has 9 rings (SSSR count). The maximum Gasteiger partial charge on any atom is 0.270 e. The smallest absolute Gasteiger partial charge is 0.270 e. The average molecular weight is 693 g/mol. The largest absolute Gasteiger partial charge is 0.355 e. The quantitative estimate of drug-likeness (QED) is 0.136. The van der Waals surface area contributed by atoms with Gasteiger partial charge in [-0.25, -0.2) is 18.7 Å². The van der Waals surface area contributed by atoms with E-state index in [1.165, 1.54) is 31.7 Å². The first kappa shape index (κ1) is 32.4. The highest BCUT2D eigenvalue weighted by Gasteiger charge is 2.47. The lowest BCUT2D eigenvalue weighted by atomic mass is 9.64. The van der Waals surface area contributed by atoms with E-state index >= 15 is 8.78 Å². The van der Waals surface area contributed by atoms with Crippen molar-refractivity contribution in [2.45, 2.75) is 76.7 Å². The molecule has 5 heterocycles. The molecule has 5 aromatic rings. The van der Waals surface area contributed by atoms with Crippen LogP contribution in [0.15, 0.2) is 42.1 Å². The second-order valence-electron chi connectivity index (χ2n) is 15.6. The lowest BCUT2D eigenvalue weighted by Crippen LogP contribution is -2.47. The van der Waals surface area contributed by atoms with Crippen LogP contribution >= 0.6 is 0 Å². The molecular formula is C41H40F4N6. The summed E-state index contributed by atoms with van der Waals surface area (Å²) in [6.45, 7) is 4.65. The summed E-state index contributed by atoms with van der Waals surface area (Å²) in [5.74, 6) is 2.63. The van der Waals surface area contributed by atoms with E-state index < -0.39 is 17.7 Å². The molecule has 6 nitrogen and oxygen atoms in total. The summed E-state index contributed by atoms with van der Waals surface area (Å²) in [6.07, 6.45) is 15.1. The topological polar surface area (TPSA) is 50.1 Å². The first-order chi connectivity index (χ1) is 24.6. The Hall–Kier alpha value is -4.49. The first-order valence-electron chi connectivity index (χ1n) is 18.2. The molecule has 0 bridgehead atoms. The Morgan fingerprint density at radius 2 is 1.78 bits per heavy atom. The molecule has 0 radical (unpaired) electrons. The number of aryl methyl sites for hydroxylation is 3. The normalized spacial score (nSPS) is 21.6. The summed E-state index contributed by atoms with van der Waals surface area (Å²) >= 11 is 0. The Bertz CT molecular complexity index is 2350. The SMILES string of the molecule is C#Cc1c(F)ccc2cc(C)cc(-c3c(F)c4nc(CCC56CCCN5CC(=C(F)F)C6)nc(N5CCCC6(CCC6)C5)c4c4cn(C)nc34)c12. The van der Waals surface area contributed by atoms with Crippen molar-refractivity contribution in [3.63, 3.8) is 0 Å². The number of benzene rings is 3. The first-order valence-corrected chi connectivity index (χ1v) is 18.2. The van der Waals surface area contributed by atoms with Crippen LogP contribution in [0.1, 0.15) is 74.7 Å². The van der Waals surface area contributed by atoms with Crippen LogP contribution in [0.25, 0.3) is 43.7 Å². The predicted molar refractivity (Wildman–Crippen MR) is 193 cm³/mol. The zero-order valence-corrected chi connectivity index (χ0v) is 29.1. The summed E-state index contributed by atoms with van der Waals surface area (Å²) in [4.78, 5) is 14.7. The van der Waals surface area contributed by atoms with Crippen LogP contribution in [0, 0.1) is 36.3 Å². The molecule has 2 aromatic heterocycles. The van der Waals surface area contributed by atoms with Crippen LogP contribution in [0.5, 0.6) is 0 Å². The van der Waals surface area contributed by atoms with E-state index in [0.29, 0.717) is 64.7 Å². The fourth-order valence-corrected chi connectivity index (χ4v) is 9.94. The third-order valence-corrected chi connectivity index (χ3v) is 12.4. The number of hydrogen-bond donors (Lipinski definition) is 0. The molecule has 10 heteroatoms. The molecule has 3 aliphatic heterocycles. The van der Waals surface area contributed by atoms with E-state index in [4.69, 9.17) is 21.5 Å². The second kappa shape index (κ2) is 11.8. The Morgan fingerprint density at radius 3 is 2.55 bits per heavy atom. The Balaban J connectivity index is 1.28. The average Bonchev–Trinajstić information content (AvgIpc) is 3.79. The van der Waals surface area contributed by atoms with Gasteiger partial charge in [0.05, 0.1) is 10.9 Å². The summed E-state index contributed by atoms with van der Waals surface area (Å²) in [5, 5.41) is 7.31. The van der Waals surface area contributed by atoms with E-state index in [0.717, 1.165) is 49.8 Å². The van der Waals surface area contributed by atoms with Gasteiger partial charge in [-0.1, -0.05) is 30.5 Å². The number of nitrogens with zero attached hydrogens (tertiary/aromatic N) is 6. The maximum atomic E-state index is 17.7. The van der Waals surface area contributed by atoms with Crippen molar-refractivity contribution in [3.8, 4) is 23.5 Å². The summed E-state index contributed by atoms with van der Waals surface area (Å²) in [5.41, 5.74) is 2.35. The molecule has 4 fully saturated rings. The van der Waals surface area contributed by atoms with Crippen molar-refractivity contribution in [2.24, 2.45) is 12.5 Å². The monoisotopic (exact) mass is 692 g/mol. The summed E-state index contributed by atoms with van der Waals surface area (Å²) in [6, 6.07) is 6.79. The lowest BCUT2D eigenvalue weighted by Gasteiger charge is -2.49. The van der Waals surface area contributed by atoms with Gasteiger partial charge in [0.15, 0.2) is 5.82 Å². The van der Waals surface area contributed by atoms with Gasteiger partial charge in [-0.05, 0) is 92.8 Å². The van der Waals surface area contributed by atoms with E-state index in [1.807, 2.05) is 32.3 Å². The number of rotatable bonds is 5. The van der Waals surface area contributed by atoms with E-state index in [9.17, 15) is 8.78 Å². The van der Waals surface area contributed by atoms with Gasteiger partial charge in [0.25, 0.3) is 6.08 Å². The number of piperidine rings is 1. The van der Waals surface area contributed by atoms with Gasteiger partial charge in [0.2, 0.25) is 0 Å². The van der Waals surface area contributed by atoms with E-state index in [1.54, 1.807) is 10.7 Å². The van der Waals surface area contributed by atoms with Crippen molar-refractivity contribution in [1.29, 1.82) is 0 Å². The molecule has 1 spiro atoms. The standard InChI is InChI=1S/C41H40F4N6/c1-4-27-30(42)9-8-25-18-24(2)19-28(32(25)27)33-35(43)37-34(29-22-49(3)48-36(29)33)39(50-16-6-13-40(23-50)11-5-12-40)47-31(46-37)10-15-41-14-7-17-51(41)21-26(20-41)38(44)45/h1,8-9,18-19,22H,5-7,10-17,20-21,23H2,2-3H3. The molecule has 1 saturated carbocycles. The maximum absolute atomic E-state index is 17.7. The third-order valence-electron chi connectivity index (χ3n) is 12.4. The number of hydrogen-bond acceptors (Lipinski definition) is 5. The fraction of sp³-hybridized carbons (Fsp3) is 0.439. The molecule has 4 aliphatic rings. The molecule has 51 heavy (non-hydrogen) atoms. The second-order valence-corrected chi connectivity index (χ2v) is 15.6. The molecular weight excluding hydrogens is 652 g/mol. The van der Waals surface area contributed by atoms with Gasteiger partial charge >= 0.3 is 0 Å².